The van der Waals surface area contributed by atoms with E-state index in [0.29, 0.717) is 6.04 Å². The third-order valence-corrected chi connectivity index (χ3v) is 3.28. The molecule has 0 aromatic carbocycles. The summed E-state index contributed by atoms with van der Waals surface area (Å²) in [5.41, 5.74) is 1.08. The normalized spacial score (nSPS) is 14.6. The van der Waals surface area contributed by atoms with E-state index in [1.807, 2.05) is 19.2 Å². The van der Waals surface area contributed by atoms with Gasteiger partial charge in [-0.05, 0) is 31.7 Å². The number of aromatic nitrogens is 2. The first-order valence-corrected chi connectivity index (χ1v) is 6.67. The summed E-state index contributed by atoms with van der Waals surface area (Å²) < 4.78 is 0. The minimum absolute atomic E-state index is 0.597. The zero-order valence-corrected chi connectivity index (χ0v) is 11.5. The molecule has 1 aromatic rings. The van der Waals surface area contributed by atoms with E-state index in [2.05, 4.69) is 36.1 Å². The maximum atomic E-state index is 4.41. The van der Waals surface area contributed by atoms with Crippen LogP contribution in [0.15, 0.2) is 12.3 Å². The summed E-state index contributed by atoms with van der Waals surface area (Å²) in [6.45, 7) is 9.59. The summed E-state index contributed by atoms with van der Waals surface area (Å²) in [7, 11) is 0. The van der Waals surface area contributed by atoms with Crippen LogP contribution in [0.4, 0.5) is 0 Å². The molecule has 2 unspecified atom stereocenters. The Bertz CT molecular complexity index is 325. The third kappa shape index (κ3) is 5.26. The Morgan fingerprint density at radius 3 is 2.65 bits per heavy atom. The fraction of sp³-hybridized carbons (Fsp3) is 0.714. The second-order valence-corrected chi connectivity index (χ2v) is 4.83. The molecule has 3 nitrogen and oxygen atoms in total. The topological polar surface area (TPSA) is 37.8 Å². The second-order valence-electron chi connectivity index (χ2n) is 4.83. The van der Waals surface area contributed by atoms with Crippen molar-refractivity contribution in [2.24, 2.45) is 5.92 Å². The maximum absolute atomic E-state index is 4.41. The number of aryl methyl sites for hydroxylation is 1. The molecule has 0 bridgehead atoms. The summed E-state index contributed by atoms with van der Waals surface area (Å²) in [6.07, 6.45) is 5.51. The molecule has 1 aromatic heterocycles. The van der Waals surface area contributed by atoms with Crippen LogP contribution in [-0.4, -0.2) is 16.0 Å². The lowest BCUT2D eigenvalue weighted by atomic mass is 9.98. The van der Waals surface area contributed by atoms with Crippen LogP contribution in [0, 0.1) is 12.8 Å². The molecule has 0 fully saturated rings. The highest BCUT2D eigenvalue weighted by molar-refractivity contribution is 5.01. The number of nitrogens with zero attached hydrogens (tertiary/aromatic N) is 2. The molecular weight excluding hydrogens is 210 g/mol. The van der Waals surface area contributed by atoms with Gasteiger partial charge in [-0.15, -0.1) is 0 Å². The van der Waals surface area contributed by atoms with Gasteiger partial charge in [-0.1, -0.05) is 27.2 Å². The first kappa shape index (κ1) is 14.1. The van der Waals surface area contributed by atoms with Crippen molar-refractivity contribution in [1.29, 1.82) is 0 Å². The molecule has 0 spiro atoms. The quantitative estimate of drug-likeness (QED) is 0.789. The van der Waals surface area contributed by atoms with Crippen LogP contribution in [0.3, 0.4) is 0 Å². The Kier molecular flexibility index (Phi) is 6.12. The lowest BCUT2D eigenvalue weighted by Gasteiger charge is -2.20. The largest absolute Gasteiger partial charge is 0.308 e. The lowest BCUT2D eigenvalue weighted by molar-refractivity contribution is 0.382. The van der Waals surface area contributed by atoms with Crippen molar-refractivity contribution >= 4 is 0 Å². The zero-order valence-electron chi connectivity index (χ0n) is 11.5. The maximum Gasteiger partial charge on any atom is 0.125 e. The molecule has 17 heavy (non-hydrogen) atoms. The average Bonchev–Trinajstić information content (AvgIpc) is 2.34. The van der Waals surface area contributed by atoms with E-state index < -0.39 is 0 Å². The molecule has 0 radical (unpaired) electrons. The van der Waals surface area contributed by atoms with E-state index in [-0.39, 0.29) is 0 Å². The fourth-order valence-electron chi connectivity index (χ4n) is 1.90. The highest BCUT2D eigenvalue weighted by Crippen LogP contribution is 2.12. The molecule has 0 aliphatic carbocycles. The Morgan fingerprint density at radius 2 is 2.06 bits per heavy atom. The van der Waals surface area contributed by atoms with Crippen molar-refractivity contribution in [3.63, 3.8) is 0 Å². The Balaban J connectivity index is 2.42. The fourth-order valence-corrected chi connectivity index (χ4v) is 1.90. The van der Waals surface area contributed by atoms with Gasteiger partial charge in [-0.3, -0.25) is 0 Å². The van der Waals surface area contributed by atoms with E-state index in [9.17, 15) is 0 Å². The van der Waals surface area contributed by atoms with Crippen molar-refractivity contribution in [2.75, 3.05) is 0 Å². The van der Waals surface area contributed by atoms with Crippen molar-refractivity contribution < 1.29 is 0 Å². The van der Waals surface area contributed by atoms with E-state index >= 15 is 0 Å². The van der Waals surface area contributed by atoms with Crippen molar-refractivity contribution in [1.82, 2.24) is 15.3 Å². The predicted molar refractivity (Wildman–Crippen MR) is 71.8 cm³/mol. The molecule has 1 N–H and O–H groups in total. The first-order valence-electron chi connectivity index (χ1n) is 6.67. The van der Waals surface area contributed by atoms with Gasteiger partial charge in [0.15, 0.2) is 0 Å². The molecule has 1 rings (SSSR count). The molecule has 2 atom stereocenters. The van der Waals surface area contributed by atoms with Gasteiger partial charge in [0.25, 0.3) is 0 Å². The Morgan fingerprint density at radius 1 is 1.29 bits per heavy atom. The van der Waals surface area contributed by atoms with Gasteiger partial charge in [0.2, 0.25) is 0 Å². The smallest absolute Gasteiger partial charge is 0.125 e. The van der Waals surface area contributed by atoms with Gasteiger partial charge < -0.3 is 5.32 Å². The Hall–Kier alpha value is -0.960. The van der Waals surface area contributed by atoms with Crippen molar-refractivity contribution in [3.8, 4) is 0 Å². The highest BCUT2D eigenvalue weighted by atomic mass is 14.9. The zero-order chi connectivity index (χ0) is 12.7. The molecule has 0 aliphatic rings. The van der Waals surface area contributed by atoms with Gasteiger partial charge in [0.05, 0.1) is 5.69 Å². The van der Waals surface area contributed by atoms with Crippen LogP contribution in [0.1, 0.15) is 51.6 Å². The van der Waals surface area contributed by atoms with Crippen LogP contribution < -0.4 is 5.32 Å². The molecule has 0 saturated heterocycles. The number of hydrogen-bond donors (Lipinski definition) is 1. The lowest BCUT2D eigenvalue weighted by Crippen LogP contribution is -2.30. The predicted octanol–water partition coefficient (Wildman–Crippen LogP) is 3.09. The van der Waals surface area contributed by atoms with Gasteiger partial charge in [0.1, 0.15) is 5.82 Å². The number of rotatable bonds is 7. The van der Waals surface area contributed by atoms with E-state index in [4.69, 9.17) is 0 Å². The van der Waals surface area contributed by atoms with Gasteiger partial charge in [-0.25, -0.2) is 9.97 Å². The van der Waals surface area contributed by atoms with Crippen LogP contribution >= 0.6 is 0 Å². The molecule has 0 aliphatic heterocycles. The standard InChI is InChI=1S/C14H25N3/c1-5-11(3)9-13(6-2)16-10-14-7-8-15-12(4)17-14/h7-8,11,13,16H,5-6,9-10H2,1-4H3. The molecule has 0 amide bonds. The number of hydrogen-bond acceptors (Lipinski definition) is 3. The second kappa shape index (κ2) is 7.38. The summed E-state index contributed by atoms with van der Waals surface area (Å²) in [6, 6.07) is 2.58. The monoisotopic (exact) mass is 235 g/mol. The minimum atomic E-state index is 0.597. The molecular formula is C14H25N3. The number of nitrogens with one attached hydrogen (secondary N) is 1. The average molecular weight is 235 g/mol. The van der Waals surface area contributed by atoms with Crippen LogP contribution in [0.25, 0.3) is 0 Å². The van der Waals surface area contributed by atoms with Gasteiger partial charge in [-0.2, -0.15) is 0 Å². The van der Waals surface area contributed by atoms with Gasteiger partial charge >= 0.3 is 0 Å². The van der Waals surface area contributed by atoms with Crippen LogP contribution in [0.2, 0.25) is 0 Å². The summed E-state index contributed by atoms with van der Waals surface area (Å²) in [5.74, 6) is 1.64. The molecule has 96 valence electrons. The summed E-state index contributed by atoms with van der Waals surface area (Å²) in [5, 5.41) is 3.59. The minimum Gasteiger partial charge on any atom is -0.308 e. The molecule has 3 heteroatoms. The van der Waals surface area contributed by atoms with E-state index in [0.717, 1.165) is 24.0 Å². The van der Waals surface area contributed by atoms with Gasteiger partial charge in [0, 0.05) is 18.8 Å². The highest BCUT2D eigenvalue weighted by Gasteiger charge is 2.10. The van der Waals surface area contributed by atoms with Crippen LogP contribution in [0.5, 0.6) is 0 Å². The van der Waals surface area contributed by atoms with E-state index in [1.54, 1.807) is 0 Å². The third-order valence-electron chi connectivity index (χ3n) is 3.28. The molecule has 0 saturated carbocycles. The van der Waals surface area contributed by atoms with Crippen molar-refractivity contribution in [3.05, 3.63) is 23.8 Å². The van der Waals surface area contributed by atoms with Crippen LogP contribution in [-0.2, 0) is 6.54 Å². The summed E-state index contributed by atoms with van der Waals surface area (Å²) in [4.78, 5) is 8.51. The summed E-state index contributed by atoms with van der Waals surface area (Å²) >= 11 is 0. The Labute approximate surface area is 105 Å². The van der Waals surface area contributed by atoms with E-state index in [1.165, 1.54) is 19.3 Å². The molecule has 1 heterocycles. The van der Waals surface area contributed by atoms with Crippen molar-refractivity contribution in [2.45, 2.75) is 59.5 Å². The SMILES string of the molecule is CCC(C)CC(CC)NCc1ccnc(C)n1. The first-order chi connectivity index (χ1) is 8.15.